The van der Waals surface area contributed by atoms with E-state index in [0.29, 0.717) is 26.3 Å². The summed E-state index contributed by atoms with van der Waals surface area (Å²) in [5, 5.41) is 15.3. The van der Waals surface area contributed by atoms with Crippen molar-refractivity contribution >= 4 is 46.2 Å². The highest BCUT2D eigenvalue weighted by Crippen LogP contribution is 2.28. The molecule has 2 aromatic carbocycles. The monoisotopic (exact) mass is 330 g/mol. The normalized spacial score (nSPS) is 10.3. The molecule has 0 aromatic heterocycles. The summed E-state index contributed by atoms with van der Waals surface area (Å²) >= 11 is 17.6. The number of rotatable bonds is 4. The Bertz CT molecular complexity index is 662. The van der Waals surface area contributed by atoms with Gasteiger partial charge in [0.15, 0.2) is 0 Å². The van der Waals surface area contributed by atoms with E-state index < -0.39 is 4.92 Å². The van der Waals surface area contributed by atoms with Crippen LogP contribution < -0.4 is 5.32 Å². The van der Waals surface area contributed by atoms with Gasteiger partial charge in [-0.15, -0.1) is 0 Å². The third-order valence-electron chi connectivity index (χ3n) is 2.64. The average Bonchev–Trinajstić information content (AvgIpc) is 2.38. The Kier molecular flexibility index (Phi) is 4.70. The van der Waals surface area contributed by atoms with Crippen molar-refractivity contribution in [3.8, 4) is 0 Å². The van der Waals surface area contributed by atoms with Crippen LogP contribution in [0, 0.1) is 10.1 Å². The molecule has 0 saturated carbocycles. The summed E-state index contributed by atoms with van der Waals surface area (Å²) in [6, 6.07) is 9.54. The van der Waals surface area contributed by atoms with Crippen molar-refractivity contribution in [3.05, 3.63) is 67.1 Å². The van der Waals surface area contributed by atoms with Gasteiger partial charge in [-0.05, 0) is 30.3 Å². The lowest BCUT2D eigenvalue weighted by Crippen LogP contribution is -2.03. The van der Waals surface area contributed by atoms with Gasteiger partial charge < -0.3 is 5.32 Å². The summed E-state index contributed by atoms with van der Waals surface area (Å²) in [5.41, 5.74) is 1.14. The molecule has 0 aliphatic carbocycles. The number of nitro benzene ring substituents is 1. The Morgan fingerprint density at radius 1 is 1.05 bits per heavy atom. The molecule has 0 aliphatic heterocycles. The maximum absolute atomic E-state index is 11.0. The summed E-state index contributed by atoms with van der Waals surface area (Å²) in [6.07, 6.45) is 0. The topological polar surface area (TPSA) is 55.2 Å². The van der Waals surface area contributed by atoms with Gasteiger partial charge in [0, 0.05) is 28.2 Å². The second-order valence-electron chi connectivity index (χ2n) is 4.01. The van der Waals surface area contributed by atoms with E-state index >= 15 is 0 Å². The molecule has 7 heteroatoms. The van der Waals surface area contributed by atoms with Crippen LogP contribution in [0.15, 0.2) is 36.4 Å². The second kappa shape index (κ2) is 6.31. The standard InChI is InChI=1S/C13H9Cl3N2O2/c14-9-3-4-12(11(16)5-9)17-7-8-1-2-10(15)6-13(8)18(19)20/h1-6,17H,7H2. The number of nitrogens with one attached hydrogen (secondary N) is 1. The highest BCUT2D eigenvalue weighted by Gasteiger charge is 2.14. The molecule has 1 N–H and O–H groups in total. The maximum atomic E-state index is 11.0. The zero-order chi connectivity index (χ0) is 14.7. The Morgan fingerprint density at radius 3 is 2.35 bits per heavy atom. The van der Waals surface area contributed by atoms with E-state index in [4.69, 9.17) is 34.8 Å². The van der Waals surface area contributed by atoms with Crippen molar-refractivity contribution in [1.82, 2.24) is 0 Å². The maximum Gasteiger partial charge on any atom is 0.275 e. The molecule has 0 spiro atoms. The van der Waals surface area contributed by atoms with Crippen LogP contribution in [0.4, 0.5) is 11.4 Å². The van der Waals surface area contributed by atoms with Crippen molar-refractivity contribution < 1.29 is 4.92 Å². The van der Waals surface area contributed by atoms with Gasteiger partial charge in [-0.1, -0.05) is 34.8 Å². The predicted octanol–water partition coefficient (Wildman–Crippen LogP) is 5.17. The second-order valence-corrected chi connectivity index (χ2v) is 5.29. The van der Waals surface area contributed by atoms with Crippen molar-refractivity contribution in [2.45, 2.75) is 6.54 Å². The van der Waals surface area contributed by atoms with Crippen LogP contribution in [0.25, 0.3) is 0 Å². The van der Waals surface area contributed by atoms with Gasteiger partial charge in [0.05, 0.1) is 15.6 Å². The molecule has 0 radical (unpaired) electrons. The number of nitrogens with zero attached hydrogens (tertiary/aromatic N) is 1. The molecule has 0 saturated heterocycles. The van der Waals surface area contributed by atoms with E-state index in [1.807, 2.05) is 0 Å². The summed E-state index contributed by atoms with van der Waals surface area (Å²) in [4.78, 5) is 10.5. The summed E-state index contributed by atoms with van der Waals surface area (Å²) in [6.45, 7) is 0.259. The van der Waals surface area contributed by atoms with Gasteiger partial charge in [-0.25, -0.2) is 0 Å². The number of benzene rings is 2. The van der Waals surface area contributed by atoms with Crippen LogP contribution >= 0.6 is 34.8 Å². The quantitative estimate of drug-likeness (QED) is 0.621. The number of halogens is 3. The van der Waals surface area contributed by atoms with E-state index in [2.05, 4.69) is 5.32 Å². The first-order valence-electron chi connectivity index (χ1n) is 5.59. The first-order valence-corrected chi connectivity index (χ1v) is 6.72. The molecular formula is C13H9Cl3N2O2. The molecule has 0 amide bonds. The minimum atomic E-state index is -0.466. The smallest absolute Gasteiger partial charge is 0.275 e. The van der Waals surface area contributed by atoms with Gasteiger partial charge in [-0.2, -0.15) is 0 Å². The fourth-order valence-electron chi connectivity index (χ4n) is 1.68. The van der Waals surface area contributed by atoms with Gasteiger partial charge in [0.1, 0.15) is 0 Å². The van der Waals surface area contributed by atoms with Crippen molar-refractivity contribution in [3.63, 3.8) is 0 Å². The number of nitro groups is 1. The van der Waals surface area contributed by atoms with E-state index in [9.17, 15) is 10.1 Å². The van der Waals surface area contributed by atoms with Crippen LogP contribution in [0.5, 0.6) is 0 Å². The summed E-state index contributed by atoms with van der Waals surface area (Å²) in [7, 11) is 0. The fourth-order valence-corrected chi connectivity index (χ4v) is 2.32. The van der Waals surface area contributed by atoms with Crippen LogP contribution in [0.3, 0.4) is 0 Å². The average molecular weight is 332 g/mol. The zero-order valence-corrected chi connectivity index (χ0v) is 12.3. The predicted molar refractivity (Wildman–Crippen MR) is 81.9 cm³/mol. The molecule has 2 aromatic rings. The lowest BCUT2D eigenvalue weighted by molar-refractivity contribution is -0.385. The van der Waals surface area contributed by atoms with Crippen molar-refractivity contribution in [2.75, 3.05) is 5.32 Å². The van der Waals surface area contributed by atoms with E-state index in [1.165, 1.54) is 6.07 Å². The van der Waals surface area contributed by atoms with Crippen molar-refractivity contribution in [1.29, 1.82) is 0 Å². The highest BCUT2D eigenvalue weighted by atomic mass is 35.5. The molecule has 0 unspecified atom stereocenters. The highest BCUT2D eigenvalue weighted by molar-refractivity contribution is 6.36. The van der Waals surface area contributed by atoms with E-state index in [-0.39, 0.29) is 12.2 Å². The third kappa shape index (κ3) is 3.54. The minimum absolute atomic E-state index is 0.0323. The molecule has 20 heavy (non-hydrogen) atoms. The van der Waals surface area contributed by atoms with Gasteiger partial charge in [-0.3, -0.25) is 10.1 Å². The Morgan fingerprint density at radius 2 is 1.70 bits per heavy atom. The molecule has 0 fully saturated rings. The fraction of sp³-hybridized carbons (Fsp3) is 0.0769. The zero-order valence-electron chi connectivity index (χ0n) is 10.1. The number of hydrogen-bond acceptors (Lipinski definition) is 3. The summed E-state index contributed by atoms with van der Waals surface area (Å²) < 4.78 is 0. The third-order valence-corrected chi connectivity index (χ3v) is 3.43. The molecule has 0 heterocycles. The Balaban J connectivity index is 2.20. The van der Waals surface area contributed by atoms with E-state index in [0.717, 1.165) is 0 Å². The van der Waals surface area contributed by atoms with Crippen LogP contribution in [0.2, 0.25) is 15.1 Å². The van der Waals surface area contributed by atoms with Gasteiger partial charge in [0.2, 0.25) is 0 Å². The minimum Gasteiger partial charge on any atom is -0.379 e. The molecule has 0 bridgehead atoms. The van der Waals surface area contributed by atoms with E-state index in [1.54, 1.807) is 30.3 Å². The molecule has 2 rings (SSSR count). The lowest BCUT2D eigenvalue weighted by atomic mass is 10.1. The first kappa shape index (κ1) is 14.9. The van der Waals surface area contributed by atoms with Crippen LogP contribution in [-0.4, -0.2) is 4.92 Å². The number of anilines is 1. The first-order chi connectivity index (χ1) is 9.47. The van der Waals surface area contributed by atoms with Crippen LogP contribution in [-0.2, 0) is 6.54 Å². The number of hydrogen-bond donors (Lipinski definition) is 1. The summed E-state index contributed by atoms with van der Waals surface area (Å²) in [5.74, 6) is 0. The van der Waals surface area contributed by atoms with Gasteiger partial charge in [0.25, 0.3) is 5.69 Å². The van der Waals surface area contributed by atoms with Crippen molar-refractivity contribution in [2.24, 2.45) is 0 Å². The molecule has 0 atom stereocenters. The molecule has 4 nitrogen and oxygen atoms in total. The lowest BCUT2D eigenvalue weighted by Gasteiger charge is -2.09. The molecule has 0 aliphatic rings. The molecule has 104 valence electrons. The SMILES string of the molecule is O=[N+]([O-])c1cc(Cl)ccc1CNc1ccc(Cl)cc1Cl. The largest absolute Gasteiger partial charge is 0.379 e. The van der Waals surface area contributed by atoms with Gasteiger partial charge >= 0.3 is 0 Å². The Hall–Kier alpha value is -1.49. The Labute approximate surface area is 130 Å². The van der Waals surface area contributed by atoms with Crippen LogP contribution in [0.1, 0.15) is 5.56 Å². The molecular weight excluding hydrogens is 323 g/mol.